The summed E-state index contributed by atoms with van der Waals surface area (Å²) in [6.45, 7) is 7.90. The molecule has 0 spiro atoms. The van der Waals surface area contributed by atoms with Crippen LogP contribution in [0.1, 0.15) is 30.7 Å². The summed E-state index contributed by atoms with van der Waals surface area (Å²) in [6, 6.07) is 3.86. The van der Waals surface area contributed by atoms with E-state index in [9.17, 15) is 10.1 Å². The van der Waals surface area contributed by atoms with Gasteiger partial charge in [0.25, 0.3) is 0 Å². The molecule has 0 radical (unpaired) electrons. The van der Waals surface area contributed by atoms with Crippen LogP contribution in [0.25, 0.3) is 10.9 Å². The van der Waals surface area contributed by atoms with E-state index in [0.717, 1.165) is 16.6 Å². The second-order valence-electron chi connectivity index (χ2n) is 5.55. The van der Waals surface area contributed by atoms with E-state index in [0.29, 0.717) is 17.5 Å². The van der Waals surface area contributed by atoms with Gasteiger partial charge in [-0.05, 0) is 37.8 Å². The molecule has 0 unspecified atom stereocenters. The molecule has 2 rings (SSSR count). The number of rotatable bonds is 3. The molecule has 0 fully saturated rings. The zero-order valence-electron chi connectivity index (χ0n) is 12.0. The standard InChI is InChI=1S/C15H17ClN2O2/c1-8(2)5-12-15(18(19)20)13(16)11-7-9(3)6-10(4)14(11)17-12/h6-8H,5H2,1-4H3. The van der Waals surface area contributed by atoms with Gasteiger partial charge in [-0.1, -0.05) is 37.1 Å². The number of pyridine rings is 1. The molecule has 0 amide bonds. The topological polar surface area (TPSA) is 56.0 Å². The minimum Gasteiger partial charge on any atom is -0.258 e. The molecular weight excluding hydrogens is 276 g/mol. The van der Waals surface area contributed by atoms with E-state index in [4.69, 9.17) is 11.6 Å². The van der Waals surface area contributed by atoms with Crippen LogP contribution in [0, 0.1) is 29.9 Å². The first kappa shape index (κ1) is 14.7. The predicted octanol–water partition coefficient (Wildman–Crippen LogP) is 4.61. The van der Waals surface area contributed by atoms with Gasteiger partial charge in [0, 0.05) is 5.39 Å². The summed E-state index contributed by atoms with van der Waals surface area (Å²) in [5.74, 6) is 0.278. The first-order valence-corrected chi connectivity index (χ1v) is 6.92. The highest BCUT2D eigenvalue weighted by molar-refractivity contribution is 6.37. The van der Waals surface area contributed by atoms with Crippen molar-refractivity contribution in [3.05, 3.63) is 44.1 Å². The lowest BCUT2D eigenvalue weighted by molar-refractivity contribution is -0.385. The fourth-order valence-electron chi connectivity index (χ4n) is 2.43. The van der Waals surface area contributed by atoms with Gasteiger partial charge in [-0.3, -0.25) is 10.1 Å². The highest BCUT2D eigenvalue weighted by atomic mass is 35.5. The van der Waals surface area contributed by atoms with Crippen molar-refractivity contribution >= 4 is 28.2 Å². The Bertz CT molecular complexity index is 696. The van der Waals surface area contributed by atoms with Crippen molar-refractivity contribution in [3.8, 4) is 0 Å². The molecule has 1 aromatic heterocycles. The molecule has 0 aliphatic carbocycles. The first-order chi connectivity index (χ1) is 9.31. The van der Waals surface area contributed by atoms with Gasteiger partial charge in [0.05, 0.1) is 10.4 Å². The molecule has 0 aliphatic rings. The van der Waals surface area contributed by atoms with Crippen molar-refractivity contribution in [1.29, 1.82) is 0 Å². The second-order valence-corrected chi connectivity index (χ2v) is 5.93. The SMILES string of the molecule is Cc1cc(C)c2nc(CC(C)C)c([N+](=O)[O-])c(Cl)c2c1. The van der Waals surface area contributed by atoms with Crippen molar-refractivity contribution in [2.75, 3.05) is 0 Å². The molecule has 1 heterocycles. The zero-order valence-corrected chi connectivity index (χ0v) is 12.8. The van der Waals surface area contributed by atoms with E-state index in [1.807, 2.05) is 39.8 Å². The maximum Gasteiger partial charge on any atom is 0.309 e. The van der Waals surface area contributed by atoms with E-state index >= 15 is 0 Å². The van der Waals surface area contributed by atoms with E-state index in [1.54, 1.807) is 0 Å². The molecule has 5 heteroatoms. The van der Waals surface area contributed by atoms with Crippen molar-refractivity contribution in [3.63, 3.8) is 0 Å². The summed E-state index contributed by atoms with van der Waals surface area (Å²) in [5.41, 5.74) is 3.17. The Balaban J connectivity index is 2.85. The van der Waals surface area contributed by atoms with E-state index in [2.05, 4.69) is 4.98 Å². The molecule has 0 saturated carbocycles. The minimum absolute atomic E-state index is 0.0575. The van der Waals surface area contributed by atoms with Crippen molar-refractivity contribution in [2.45, 2.75) is 34.1 Å². The Kier molecular flexibility index (Phi) is 3.95. The summed E-state index contributed by atoms with van der Waals surface area (Å²) in [6.07, 6.45) is 0.541. The van der Waals surface area contributed by atoms with Gasteiger partial charge in [0.1, 0.15) is 10.7 Å². The zero-order chi connectivity index (χ0) is 15.0. The lowest BCUT2D eigenvalue weighted by atomic mass is 10.0. The van der Waals surface area contributed by atoms with Crippen LogP contribution in [-0.4, -0.2) is 9.91 Å². The van der Waals surface area contributed by atoms with Gasteiger partial charge < -0.3 is 0 Å². The Morgan fingerprint density at radius 2 is 2.00 bits per heavy atom. The fraction of sp³-hybridized carbons (Fsp3) is 0.400. The lowest BCUT2D eigenvalue weighted by Crippen LogP contribution is -2.05. The van der Waals surface area contributed by atoms with Crippen molar-refractivity contribution in [2.24, 2.45) is 5.92 Å². The number of hydrogen-bond acceptors (Lipinski definition) is 3. The van der Waals surface area contributed by atoms with Gasteiger partial charge in [-0.15, -0.1) is 0 Å². The number of benzene rings is 1. The molecule has 1 aromatic carbocycles. The van der Waals surface area contributed by atoms with Gasteiger partial charge in [0.15, 0.2) is 0 Å². The molecule has 0 aliphatic heterocycles. The van der Waals surface area contributed by atoms with Crippen LogP contribution in [0.15, 0.2) is 12.1 Å². The molecule has 0 N–H and O–H groups in total. The number of nitrogens with zero attached hydrogens (tertiary/aromatic N) is 2. The van der Waals surface area contributed by atoms with Crippen LogP contribution in [0.5, 0.6) is 0 Å². The molecule has 20 heavy (non-hydrogen) atoms. The Morgan fingerprint density at radius 1 is 1.35 bits per heavy atom. The largest absolute Gasteiger partial charge is 0.309 e. The Hall–Kier alpha value is -1.68. The molecule has 2 aromatic rings. The van der Waals surface area contributed by atoms with Gasteiger partial charge in [-0.2, -0.15) is 0 Å². The van der Waals surface area contributed by atoms with Crippen molar-refractivity contribution < 1.29 is 4.92 Å². The number of nitro groups is 1. The monoisotopic (exact) mass is 292 g/mol. The maximum absolute atomic E-state index is 11.3. The van der Waals surface area contributed by atoms with E-state index < -0.39 is 4.92 Å². The van der Waals surface area contributed by atoms with Crippen LogP contribution in [0.2, 0.25) is 5.02 Å². The summed E-state index contributed by atoms with van der Waals surface area (Å²) in [5, 5.41) is 12.2. The summed E-state index contributed by atoms with van der Waals surface area (Å²) < 4.78 is 0. The number of fused-ring (bicyclic) bond motifs is 1. The number of halogens is 1. The van der Waals surface area contributed by atoms with E-state index in [1.165, 1.54) is 0 Å². The first-order valence-electron chi connectivity index (χ1n) is 6.55. The van der Waals surface area contributed by atoms with Crippen LogP contribution >= 0.6 is 11.6 Å². The molecule has 4 nitrogen and oxygen atoms in total. The molecule has 0 saturated heterocycles. The quantitative estimate of drug-likeness (QED) is 0.613. The Morgan fingerprint density at radius 3 is 2.55 bits per heavy atom. The smallest absolute Gasteiger partial charge is 0.258 e. The Labute approximate surface area is 122 Å². The van der Waals surface area contributed by atoms with Gasteiger partial charge in [-0.25, -0.2) is 4.98 Å². The molecule has 0 bridgehead atoms. The van der Waals surface area contributed by atoms with Crippen LogP contribution in [-0.2, 0) is 6.42 Å². The average Bonchev–Trinajstić information content (AvgIpc) is 2.29. The van der Waals surface area contributed by atoms with Gasteiger partial charge in [0.2, 0.25) is 0 Å². The summed E-state index contributed by atoms with van der Waals surface area (Å²) >= 11 is 6.29. The maximum atomic E-state index is 11.3. The molecular formula is C15H17ClN2O2. The van der Waals surface area contributed by atoms with E-state index in [-0.39, 0.29) is 16.6 Å². The molecule has 0 atom stereocenters. The number of aromatic nitrogens is 1. The third kappa shape index (κ3) is 2.61. The lowest BCUT2D eigenvalue weighted by Gasteiger charge is -2.11. The predicted molar refractivity (Wildman–Crippen MR) is 81.4 cm³/mol. The third-order valence-corrected chi connectivity index (χ3v) is 3.58. The van der Waals surface area contributed by atoms with Crippen LogP contribution < -0.4 is 0 Å². The highest BCUT2D eigenvalue weighted by Crippen LogP contribution is 2.36. The average molecular weight is 293 g/mol. The minimum atomic E-state index is -0.426. The fourth-order valence-corrected chi connectivity index (χ4v) is 2.75. The number of hydrogen-bond donors (Lipinski definition) is 0. The third-order valence-electron chi connectivity index (χ3n) is 3.19. The second kappa shape index (κ2) is 5.37. The summed E-state index contributed by atoms with van der Waals surface area (Å²) in [4.78, 5) is 15.4. The summed E-state index contributed by atoms with van der Waals surface area (Å²) in [7, 11) is 0. The van der Waals surface area contributed by atoms with Crippen LogP contribution in [0.4, 0.5) is 5.69 Å². The number of aryl methyl sites for hydroxylation is 2. The normalized spacial score (nSPS) is 11.3. The van der Waals surface area contributed by atoms with Crippen LogP contribution in [0.3, 0.4) is 0 Å². The van der Waals surface area contributed by atoms with Crippen molar-refractivity contribution in [1.82, 2.24) is 4.98 Å². The van der Waals surface area contributed by atoms with Gasteiger partial charge >= 0.3 is 5.69 Å². The highest BCUT2D eigenvalue weighted by Gasteiger charge is 2.24. The molecule has 106 valence electrons.